The van der Waals surface area contributed by atoms with Gasteiger partial charge in [0.1, 0.15) is 5.84 Å². The minimum absolute atomic E-state index is 0.431. The van der Waals surface area contributed by atoms with Crippen LogP contribution in [0, 0.1) is 5.92 Å². The lowest BCUT2D eigenvalue weighted by atomic mass is 10.1. The van der Waals surface area contributed by atoms with Gasteiger partial charge in [-0.3, -0.25) is 5.01 Å². The molecule has 1 rings (SSSR count). The van der Waals surface area contributed by atoms with E-state index >= 15 is 0 Å². The predicted octanol–water partition coefficient (Wildman–Crippen LogP) is -0.526. The average Bonchev–Trinajstić information content (AvgIpc) is 2.12. The van der Waals surface area contributed by atoms with Crippen molar-refractivity contribution in [3.8, 4) is 0 Å². The molecule has 1 atom stereocenters. The maximum Gasteiger partial charge on any atom is 0.141 e. The molecule has 1 fully saturated rings. The lowest BCUT2D eigenvalue weighted by Gasteiger charge is -2.10. The van der Waals surface area contributed by atoms with Gasteiger partial charge >= 0.3 is 0 Å². The van der Waals surface area contributed by atoms with E-state index in [2.05, 4.69) is 12.0 Å². The molecule has 4 nitrogen and oxygen atoms in total. The van der Waals surface area contributed by atoms with Gasteiger partial charge in [-0.05, 0) is 6.42 Å². The second-order valence-electron chi connectivity index (χ2n) is 2.37. The van der Waals surface area contributed by atoms with Gasteiger partial charge in [0.15, 0.2) is 0 Å². The summed E-state index contributed by atoms with van der Waals surface area (Å²) < 4.78 is 0. The molecule has 1 aliphatic rings. The van der Waals surface area contributed by atoms with Gasteiger partial charge in [-0.25, -0.2) is 5.84 Å². The Balaban J connectivity index is 2.66. The van der Waals surface area contributed by atoms with Gasteiger partial charge in [0, 0.05) is 12.5 Å². The zero-order valence-corrected chi connectivity index (χ0v) is 5.54. The van der Waals surface area contributed by atoms with Crippen LogP contribution in [0.25, 0.3) is 0 Å². The number of rotatable bonds is 0. The first-order valence-electron chi connectivity index (χ1n) is 3.05. The summed E-state index contributed by atoms with van der Waals surface area (Å²) in [7, 11) is 0. The third-order valence-corrected chi connectivity index (χ3v) is 1.67. The minimum atomic E-state index is 0.431. The molecule has 0 saturated carbocycles. The van der Waals surface area contributed by atoms with Crippen LogP contribution in [-0.4, -0.2) is 17.4 Å². The summed E-state index contributed by atoms with van der Waals surface area (Å²) in [6, 6.07) is 0. The third-order valence-electron chi connectivity index (χ3n) is 1.67. The second kappa shape index (κ2) is 2.23. The molecule has 0 bridgehead atoms. The molecule has 9 heavy (non-hydrogen) atoms. The SMILES string of the molecule is CC1CCN(N)/C1=N\N. The lowest BCUT2D eigenvalue weighted by Crippen LogP contribution is -2.34. The van der Waals surface area contributed by atoms with Crippen LogP contribution in [0.2, 0.25) is 0 Å². The Morgan fingerprint density at radius 1 is 1.78 bits per heavy atom. The number of hydrogen-bond acceptors (Lipinski definition) is 3. The zero-order chi connectivity index (χ0) is 6.85. The summed E-state index contributed by atoms with van der Waals surface area (Å²) in [5.41, 5.74) is 0. The van der Waals surface area contributed by atoms with Crippen LogP contribution in [0.5, 0.6) is 0 Å². The first-order valence-corrected chi connectivity index (χ1v) is 3.05. The van der Waals surface area contributed by atoms with E-state index in [-0.39, 0.29) is 0 Å². The average molecular weight is 128 g/mol. The van der Waals surface area contributed by atoms with Gasteiger partial charge in [0.2, 0.25) is 0 Å². The Bertz CT molecular complexity index is 119. The molecule has 52 valence electrons. The van der Waals surface area contributed by atoms with E-state index in [1.165, 1.54) is 0 Å². The van der Waals surface area contributed by atoms with Crippen molar-refractivity contribution in [3.63, 3.8) is 0 Å². The van der Waals surface area contributed by atoms with Gasteiger partial charge in [-0.15, -0.1) is 0 Å². The second-order valence-corrected chi connectivity index (χ2v) is 2.37. The van der Waals surface area contributed by atoms with E-state index in [9.17, 15) is 0 Å². The Labute approximate surface area is 54.5 Å². The molecule has 1 heterocycles. The van der Waals surface area contributed by atoms with Crippen molar-refractivity contribution in [2.75, 3.05) is 6.54 Å². The van der Waals surface area contributed by atoms with Crippen LogP contribution in [0.3, 0.4) is 0 Å². The molecule has 0 aromatic carbocycles. The highest BCUT2D eigenvalue weighted by Gasteiger charge is 2.22. The van der Waals surface area contributed by atoms with Crippen molar-refractivity contribution >= 4 is 5.84 Å². The molecule has 0 spiro atoms. The van der Waals surface area contributed by atoms with Gasteiger partial charge in [0.05, 0.1) is 0 Å². The van der Waals surface area contributed by atoms with Gasteiger partial charge in [0.25, 0.3) is 0 Å². The number of amidine groups is 1. The van der Waals surface area contributed by atoms with Gasteiger partial charge in [-0.2, -0.15) is 5.10 Å². The van der Waals surface area contributed by atoms with Crippen LogP contribution in [0.4, 0.5) is 0 Å². The van der Waals surface area contributed by atoms with E-state index < -0.39 is 0 Å². The lowest BCUT2D eigenvalue weighted by molar-refractivity contribution is 0.477. The molecule has 1 unspecified atom stereocenters. The van der Waals surface area contributed by atoms with E-state index in [0.29, 0.717) is 5.92 Å². The summed E-state index contributed by atoms with van der Waals surface area (Å²) >= 11 is 0. The normalized spacial score (nSPS) is 32.0. The first-order chi connectivity index (χ1) is 4.25. The third kappa shape index (κ3) is 0.977. The molecule has 4 heteroatoms. The van der Waals surface area contributed by atoms with Crippen molar-refractivity contribution in [2.24, 2.45) is 22.7 Å². The summed E-state index contributed by atoms with van der Waals surface area (Å²) in [5.74, 6) is 11.8. The molecule has 0 aromatic heterocycles. The Hall–Kier alpha value is -0.770. The summed E-state index contributed by atoms with van der Waals surface area (Å²) in [6.07, 6.45) is 1.06. The Morgan fingerprint density at radius 2 is 2.44 bits per heavy atom. The van der Waals surface area contributed by atoms with Gasteiger partial charge in [-0.1, -0.05) is 6.92 Å². The van der Waals surface area contributed by atoms with E-state index in [0.717, 1.165) is 18.8 Å². The minimum Gasteiger partial charge on any atom is -0.322 e. The number of nitrogens with zero attached hydrogens (tertiary/aromatic N) is 2. The van der Waals surface area contributed by atoms with Crippen LogP contribution in [0.1, 0.15) is 13.3 Å². The fourth-order valence-electron chi connectivity index (χ4n) is 1.06. The predicted molar refractivity (Wildman–Crippen MR) is 36.3 cm³/mol. The monoisotopic (exact) mass is 128 g/mol. The molecule has 1 aliphatic heterocycles. The van der Waals surface area contributed by atoms with Crippen molar-refractivity contribution in [1.82, 2.24) is 5.01 Å². The highest BCUT2D eigenvalue weighted by atomic mass is 15.5. The van der Waals surface area contributed by atoms with Crippen LogP contribution >= 0.6 is 0 Å². The van der Waals surface area contributed by atoms with Crippen LogP contribution < -0.4 is 11.7 Å². The largest absolute Gasteiger partial charge is 0.322 e. The smallest absolute Gasteiger partial charge is 0.141 e. The van der Waals surface area contributed by atoms with Crippen LogP contribution in [0.15, 0.2) is 5.10 Å². The highest BCUT2D eigenvalue weighted by molar-refractivity contribution is 5.85. The molecule has 1 saturated heterocycles. The first kappa shape index (κ1) is 6.35. The summed E-state index contributed by atoms with van der Waals surface area (Å²) in [6.45, 7) is 2.94. The van der Waals surface area contributed by atoms with E-state index in [1.807, 2.05) is 0 Å². The van der Waals surface area contributed by atoms with Crippen molar-refractivity contribution in [2.45, 2.75) is 13.3 Å². The van der Waals surface area contributed by atoms with Gasteiger partial charge < -0.3 is 5.84 Å². The molecule has 0 aliphatic carbocycles. The fourth-order valence-corrected chi connectivity index (χ4v) is 1.06. The van der Waals surface area contributed by atoms with Crippen molar-refractivity contribution in [1.29, 1.82) is 0 Å². The Morgan fingerprint density at radius 3 is 2.67 bits per heavy atom. The maximum atomic E-state index is 5.50. The maximum absolute atomic E-state index is 5.50. The number of hydrogen-bond donors (Lipinski definition) is 2. The van der Waals surface area contributed by atoms with Crippen LogP contribution in [-0.2, 0) is 0 Å². The molecule has 0 amide bonds. The molecule has 4 N–H and O–H groups in total. The topological polar surface area (TPSA) is 67.6 Å². The van der Waals surface area contributed by atoms with Crippen molar-refractivity contribution < 1.29 is 0 Å². The number of hydrazine groups is 1. The molecule has 0 aromatic rings. The number of nitrogens with two attached hydrogens (primary N) is 2. The number of hydrazone groups is 1. The Kier molecular flexibility index (Phi) is 1.57. The van der Waals surface area contributed by atoms with E-state index in [4.69, 9.17) is 11.7 Å². The summed E-state index contributed by atoms with van der Waals surface area (Å²) in [4.78, 5) is 0. The molecular weight excluding hydrogens is 116 g/mol. The zero-order valence-electron chi connectivity index (χ0n) is 5.54. The standard InChI is InChI=1S/C5H12N4/c1-4-2-3-9(7)5(4)8-6/h4H,2-3,6-7H2,1H3/b8-5-. The molecular formula is C5H12N4. The fraction of sp³-hybridized carbons (Fsp3) is 0.800. The summed E-state index contributed by atoms with van der Waals surface area (Å²) in [5, 5.41) is 5.17. The highest BCUT2D eigenvalue weighted by Crippen LogP contribution is 2.13. The van der Waals surface area contributed by atoms with E-state index in [1.54, 1.807) is 5.01 Å². The molecule has 0 radical (unpaired) electrons. The van der Waals surface area contributed by atoms with Crippen molar-refractivity contribution in [3.05, 3.63) is 0 Å². The quantitative estimate of drug-likeness (QED) is 0.340.